The Bertz CT molecular complexity index is 1120. The van der Waals surface area contributed by atoms with Gasteiger partial charge in [-0.2, -0.15) is 5.10 Å². The minimum absolute atomic E-state index is 0.148. The number of hydrazone groups is 1. The predicted octanol–water partition coefficient (Wildman–Crippen LogP) is 4.81. The van der Waals surface area contributed by atoms with Gasteiger partial charge in [0.2, 0.25) is 5.91 Å². The number of hydrogen-bond donors (Lipinski definition) is 3. The highest BCUT2D eigenvalue weighted by molar-refractivity contribution is 6.02. The minimum Gasteiger partial charge on any atom is -0.359 e. The van der Waals surface area contributed by atoms with Crippen LogP contribution < -0.4 is 10.7 Å². The minimum atomic E-state index is -2.78. The van der Waals surface area contributed by atoms with Gasteiger partial charge in [-0.15, -0.1) is 0 Å². The Morgan fingerprint density at radius 2 is 2.03 bits per heavy atom. The highest BCUT2D eigenvalue weighted by Crippen LogP contribution is 2.17. The number of nitrogens with one attached hydrogen (secondary N) is 3. The Balaban J connectivity index is 1.75. The van der Waals surface area contributed by atoms with Gasteiger partial charge in [0.15, 0.2) is 5.84 Å². The molecule has 0 radical (unpaired) electrons. The summed E-state index contributed by atoms with van der Waals surface area (Å²) in [6.45, 7) is 4.15. The number of H-pyrrole nitrogens is 1. The first-order chi connectivity index (χ1) is 17.5. The van der Waals surface area contributed by atoms with Gasteiger partial charge in [-0.05, 0) is 56.6 Å². The summed E-state index contributed by atoms with van der Waals surface area (Å²) in [5, 5.41) is 6.66. The number of hydrogen-bond acceptors (Lipinski definition) is 5. The molecule has 0 aliphatic carbocycles. The van der Waals surface area contributed by atoms with E-state index in [2.05, 4.69) is 35.7 Å². The lowest BCUT2D eigenvalue weighted by atomic mass is 10.3. The summed E-state index contributed by atoms with van der Waals surface area (Å²) < 4.78 is 27.0. The van der Waals surface area contributed by atoms with Gasteiger partial charge < -0.3 is 10.3 Å². The van der Waals surface area contributed by atoms with Gasteiger partial charge in [-0.1, -0.05) is 37.3 Å². The van der Waals surface area contributed by atoms with E-state index in [1.165, 1.54) is 18.3 Å². The first kappa shape index (κ1) is 26.7. The zero-order valence-corrected chi connectivity index (χ0v) is 20.2. The van der Waals surface area contributed by atoms with Crippen LogP contribution in [0.25, 0.3) is 0 Å². The van der Waals surface area contributed by atoms with Crippen LogP contribution in [0.5, 0.6) is 0 Å². The molecule has 2 aromatic heterocycles. The lowest BCUT2D eigenvalue weighted by Crippen LogP contribution is -2.31. The van der Waals surface area contributed by atoms with Gasteiger partial charge in [0.1, 0.15) is 11.5 Å². The predicted molar refractivity (Wildman–Crippen MR) is 140 cm³/mol. The maximum atomic E-state index is 13.5. The zero-order valence-electron chi connectivity index (χ0n) is 20.2. The Labute approximate surface area is 209 Å². The fraction of sp³-hybridized carbons (Fsp3) is 0.308. The van der Waals surface area contributed by atoms with Crippen LogP contribution in [-0.2, 0) is 4.79 Å². The van der Waals surface area contributed by atoms with E-state index in [1.54, 1.807) is 42.6 Å². The van der Waals surface area contributed by atoms with Crippen LogP contribution in [0.15, 0.2) is 83.2 Å². The molecule has 190 valence electrons. The molecular weight excluding hydrogens is 464 g/mol. The molecular formula is C26H31F2N7O. The van der Waals surface area contributed by atoms with Crippen molar-refractivity contribution in [3.05, 3.63) is 78.8 Å². The molecule has 3 rings (SSSR count). The molecule has 1 saturated heterocycles. The summed E-state index contributed by atoms with van der Waals surface area (Å²) in [5.41, 5.74) is 3.22. The largest absolute Gasteiger partial charge is 0.359 e. The normalized spacial score (nSPS) is 15.7. The average molecular weight is 496 g/mol. The molecule has 0 unspecified atom stereocenters. The van der Waals surface area contributed by atoms with E-state index in [-0.39, 0.29) is 11.7 Å². The molecule has 0 atom stereocenters. The van der Waals surface area contributed by atoms with Gasteiger partial charge >= 0.3 is 0 Å². The van der Waals surface area contributed by atoms with Crippen molar-refractivity contribution in [1.29, 1.82) is 0 Å². The molecule has 0 aromatic carbocycles. The molecule has 36 heavy (non-hydrogen) atoms. The van der Waals surface area contributed by atoms with Crippen molar-refractivity contribution < 1.29 is 13.6 Å². The molecule has 10 heteroatoms. The van der Waals surface area contributed by atoms with Crippen LogP contribution in [0.2, 0.25) is 0 Å². The average Bonchev–Trinajstić information content (AvgIpc) is 3.57. The number of rotatable bonds is 11. The molecule has 3 N–H and O–H groups in total. The highest BCUT2D eigenvalue weighted by Gasteiger charge is 2.16. The summed E-state index contributed by atoms with van der Waals surface area (Å²) in [7, 11) is 0. The van der Waals surface area contributed by atoms with Crippen molar-refractivity contribution in [2.45, 2.75) is 32.6 Å². The van der Waals surface area contributed by atoms with Crippen LogP contribution >= 0.6 is 0 Å². The first-order valence-corrected chi connectivity index (χ1v) is 11.9. The smallest absolute Gasteiger partial charge is 0.282 e. The van der Waals surface area contributed by atoms with Gasteiger partial charge in [-0.3, -0.25) is 15.1 Å². The van der Waals surface area contributed by atoms with E-state index in [1.807, 2.05) is 19.1 Å². The van der Waals surface area contributed by atoms with E-state index < -0.39 is 12.1 Å². The Hall–Kier alpha value is -3.92. The van der Waals surface area contributed by atoms with E-state index >= 15 is 0 Å². The number of likely N-dealkylation sites (tertiary alicyclic amines) is 1. The lowest BCUT2D eigenvalue weighted by molar-refractivity contribution is -0.117. The molecule has 0 bridgehead atoms. The van der Waals surface area contributed by atoms with Crippen molar-refractivity contribution >= 4 is 29.0 Å². The van der Waals surface area contributed by atoms with Crippen LogP contribution in [0, 0.1) is 0 Å². The second-order valence-electron chi connectivity index (χ2n) is 8.00. The third-order valence-electron chi connectivity index (χ3n) is 5.16. The van der Waals surface area contributed by atoms with E-state index in [0.717, 1.165) is 32.4 Å². The van der Waals surface area contributed by atoms with E-state index in [0.29, 0.717) is 23.7 Å². The number of aliphatic imine (C=N–C) groups is 1. The van der Waals surface area contributed by atoms with Crippen LogP contribution in [0.4, 0.5) is 20.3 Å². The summed E-state index contributed by atoms with van der Waals surface area (Å²) in [6, 6.07) is 6.75. The SMILES string of the molecule is CC/C=C/C=C/C=C\C(=N/NC(=Nc1ccnc(NC(=O)CN2CCCC2)c1)c1ccc[nH]1)C(F)F. The summed E-state index contributed by atoms with van der Waals surface area (Å²) in [6.07, 6.45) is 13.5. The van der Waals surface area contributed by atoms with E-state index in [4.69, 9.17) is 0 Å². The number of carbonyl (C=O) groups is 1. The number of halogens is 2. The van der Waals surface area contributed by atoms with Gasteiger partial charge in [0, 0.05) is 18.5 Å². The fourth-order valence-electron chi connectivity index (χ4n) is 3.41. The highest BCUT2D eigenvalue weighted by atomic mass is 19.3. The quantitative estimate of drug-likeness (QED) is 0.180. The molecule has 1 amide bonds. The molecule has 0 spiro atoms. The number of aromatic amines is 1. The number of pyridine rings is 1. The van der Waals surface area contributed by atoms with Crippen LogP contribution in [-0.4, -0.2) is 58.4 Å². The van der Waals surface area contributed by atoms with Crippen LogP contribution in [0.1, 0.15) is 31.9 Å². The monoisotopic (exact) mass is 495 g/mol. The molecule has 1 aliphatic heterocycles. The number of aromatic nitrogens is 2. The number of amidine groups is 1. The number of allylic oxidation sites excluding steroid dienone is 6. The van der Waals surface area contributed by atoms with Crippen LogP contribution in [0.3, 0.4) is 0 Å². The summed E-state index contributed by atoms with van der Waals surface area (Å²) in [4.78, 5) is 26.1. The number of carbonyl (C=O) groups excluding carboxylic acids is 1. The number of anilines is 1. The summed E-state index contributed by atoms with van der Waals surface area (Å²) >= 11 is 0. The summed E-state index contributed by atoms with van der Waals surface area (Å²) in [5.74, 6) is 0.439. The topological polar surface area (TPSA) is 97.8 Å². The number of nitrogens with zero attached hydrogens (tertiary/aromatic N) is 4. The Kier molecular flexibility index (Phi) is 10.7. The van der Waals surface area contributed by atoms with E-state index in [9.17, 15) is 13.6 Å². The first-order valence-electron chi connectivity index (χ1n) is 11.9. The van der Waals surface area contributed by atoms with Gasteiger partial charge in [-0.25, -0.2) is 18.8 Å². The number of amides is 1. The lowest BCUT2D eigenvalue weighted by Gasteiger charge is -2.13. The second kappa shape index (κ2) is 14.5. The second-order valence-corrected chi connectivity index (χ2v) is 8.00. The molecule has 3 heterocycles. The standard InChI is InChI=1S/C26H31F2N7O/c1-2-3-4-5-6-7-11-21(25(27)28)33-34-26(22-12-10-14-29-22)31-20-13-15-30-23(18-20)32-24(36)19-35-16-8-9-17-35/h3-7,10-15,18,25,29H,2,8-9,16-17,19H2,1H3,(H2,30,31,32,34,36)/b4-3+,6-5+,11-7-,33-21+. The Morgan fingerprint density at radius 1 is 1.22 bits per heavy atom. The zero-order chi connectivity index (χ0) is 25.6. The van der Waals surface area contributed by atoms with Gasteiger partial charge in [0.05, 0.1) is 17.9 Å². The maximum absolute atomic E-state index is 13.5. The molecule has 8 nitrogen and oxygen atoms in total. The van der Waals surface area contributed by atoms with Crippen molar-refractivity contribution in [3.63, 3.8) is 0 Å². The molecule has 1 fully saturated rings. The van der Waals surface area contributed by atoms with Crippen molar-refractivity contribution in [2.75, 3.05) is 25.0 Å². The van der Waals surface area contributed by atoms with Gasteiger partial charge in [0.25, 0.3) is 6.43 Å². The molecule has 1 aliphatic rings. The third kappa shape index (κ3) is 9.03. The van der Waals surface area contributed by atoms with Crippen molar-refractivity contribution in [1.82, 2.24) is 20.3 Å². The van der Waals surface area contributed by atoms with Crippen molar-refractivity contribution in [2.24, 2.45) is 10.1 Å². The maximum Gasteiger partial charge on any atom is 0.282 e. The molecule has 0 saturated carbocycles. The Morgan fingerprint density at radius 3 is 2.75 bits per heavy atom. The fourth-order valence-corrected chi connectivity index (χ4v) is 3.41. The third-order valence-corrected chi connectivity index (χ3v) is 5.16. The number of alkyl halides is 2. The molecule has 2 aromatic rings. The van der Waals surface area contributed by atoms with Crippen molar-refractivity contribution in [3.8, 4) is 0 Å².